The highest BCUT2D eigenvalue weighted by atomic mass is 32.2. The van der Waals surface area contributed by atoms with E-state index in [-0.39, 0.29) is 17.3 Å². The molecule has 0 unspecified atom stereocenters. The third-order valence-electron chi connectivity index (χ3n) is 3.21. The van der Waals surface area contributed by atoms with Gasteiger partial charge in [0.2, 0.25) is 0 Å². The highest BCUT2D eigenvalue weighted by Crippen LogP contribution is 2.32. The zero-order valence-corrected chi connectivity index (χ0v) is 11.5. The van der Waals surface area contributed by atoms with Gasteiger partial charge in [0.1, 0.15) is 0 Å². The van der Waals surface area contributed by atoms with E-state index >= 15 is 0 Å². The molecule has 1 aliphatic rings. The van der Waals surface area contributed by atoms with Crippen molar-refractivity contribution in [3.05, 3.63) is 29.8 Å². The Hall–Kier alpha value is -1.38. The molecule has 0 heterocycles. The molecule has 1 aromatic carbocycles. The first-order valence-corrected chi connectivity index (χ1v) is 8.08. The minimum Gasteiger partial charge on any atom is -0.380 e. The van der Waals surface area contributed by atoms with Crippen molar-refractivity contribution in [2.24, 2.45) is 5.92 Å². The second-order valence-electron chi connectivity index (χ2n) is 4.80. The van der Waals surface area contributed by atoms with Gasteiger partial charge in [0.05, 0.1) is 28.9 Å². The topological polar surface area (TPSA) is 67.2 Å². The van der Waals surface area contributed by atoms with Crippen LogP contribution in [0.1, 0.15) is 24.8 Å². The van der Waals surface area contributed by atoms with Crippen LogP contribution in [0.25, 0.3) is 0 Å². The van der Waals surface area contributed by atoms with Crippen molar-refractivity contribution < 1.29 is 13.2 Å². The van der Waals surface area contributed by atoms with Crippen molar-refractivity contribution in [2.75, 3.05) is 19.0 Å². The van der Waals surface area contributed by atoms with E-state index in [4.69, 9.17) is 10.00 Å². The fourth-order valence-electron chi connectivity index (χ4n) is 1.78. The minimum atomic E-state index is -3.30. The summed E-state index contributed by atoms with van der Waals surface area (Å²) in [4.78, 5) is 0.247. The number of hydrogen-bond donors (Lipinski definition) is 0. The van der Waals surface area contributed by atoms with Gasteiger partial charge in [0.15, 0.2) is 9.84 Å². The Labute approximate surface area is 113 Å². The van der Waals surface area contributed by atoms with Crippen LogP contribution in [-0.2, 0) is 14.6 Å². The molecule has 1 saturated carbocycles. The molecule has 0 amide bonds. The van der Waals surface area contributed by atoms with Gasteiger partial charge in [0.25, 0.3) is 0 Å². The van der Waals surface area contributed by atoms with Gasteiger partial charge in [-0.05, 0) is 36.6 Å². The second-order valence-corrected chi connectivity index (χ2v) is 6.91. The van der Waals surface area contributed by atoms with E-state index < -0.39 is 9.84 Å². The minimum absolute atomic E-state index is 0.0104. The molecule has 2 rings (SSSR count). The first kappa shape index (κ1) is 14.0. The van der Waals surface area contributed by atoms with Crippen LogP contribution >= 0.6 is 0 Å². The maximum atomic E-state index is 12.0. The van der Waals surface area contributed by atoms with Crippen LogP contribution in [0.2, 0.25) is 0 Å². The molecule has 19 heavy (non-hydrogen) atoms. The lowest BCUT2D eigenvalue weighted by Gasteiger charge is -2.05. The average Bonchev–Trinajstić information content (AvgIpc) is 3.22. The first-order chi connectivity index (χ1) is 9.12. The molecule has 0 N–H and O–H groups in total. The number of sulfone groups is 1. The molecule has 0 saturated heterocycles. The molecule has 0 atom stereocenters. The first-order valence-electron chi connectivity index (χ1n) is 6.42. The molecule has 0 radical (unpaired) electrons. The van der Waals surface area contributed by atoms with Crippen LogP contribution in [-0.4, -0.2) is 27.4 Å². The van der Waals surface area contributed by atoms with Crippen molar-refractivity contribution in [1.29, 1.82) is 5.26 Å². The standard InChI is InChI=1S/C14H17NO3S/c15-11-13-3-5-14(6-4-13)19(16,17)10-9-18-8-7-12-1-2-12/h3-6,12H,1-2,7-10H2. The second kappa shape index (κ2) is 6.18. The van der Waals surface area contributed by atoms with Crippen molar-refractivity contribution in [1.82, 2.24) is 0 Å². The van der Waals surface area contributed by atoms with Crippen LogP contribution in [0.15, 0.2) is 29.2 Å². The van der Waals surface area contributed by atoms with Gasteiger partial charge in [0, 0.05) is 6.61 Å². The summed E-state index contributed by atoms with van der Waals surface area (Å²) >= 11 is 0. The molecule has 0 aromatic heterocycles. The van der Waals surface area contributed by atoms with Crippen molar-refractivity contribution in [3.63, 3.8) is 0 Å². The molecular weight excluding hydrogens is 262 g/mol. The van der Waals surface area contributed by atoms with Gasteiger partial charge in [-0.2, -0.15) is 5.26 Å². The van der Waals surface area contributed by atoms with Gasteiger partial charge in [-0.25, -0.2) is 8.42 Å². The van der Waals surface area contributed by atoms with Gasteiger partial charge >= 0.3 is 0 Å². The summed E-state index contributed by atoms with van der Waals surface area (Å²) in [6, 6.07) is 7.93. The Balaban J connectivity index is 1.80. The van der Waals surface area contributed by atoms with E-state index in [0.29, 0.717) is 12.2 Å². The number of nitrogens with zero attached hydrogens (tertiary/aromatic N) is 1. The largest absolute Gasteiger partial charge is 0.380 e. The number of benzene rings is 1. The average molecular weight is 279 g/mol. The number of rotatable bonds is 7. The van der Waals surface area contributed by atoms with Crippen LogP contribution < -0.4 is 0 Å². The molecule has 4 nitrogen and oxygen atoms in total. The Morgan fingerprint density at radius 1 is 1.21 bits per heavy atom. The number of ether oxygens (including phenoxy) is 1. The van der Waals surface area contributed by atoms with Crippen LogP contribution in [0.3, 0.4) is 0 Å². The van der Waals surface area contributed by atoms with E-state index in [2.05, 4.69) is 0 Å². The highest BCUT2D eigenvalue weighted by molar-refractivity contribution is 7.91. The van der Waals surface area contributed by atoms with Crippen molar-refractivity contribution >= 4 is 9.84 Å². The Bertz CT molecular complexity index is 553. The quantitative estimate of drug-likeness (QED) is 0.717. The van der Waals surface area contributed by atoms with Gasteiger partial charge in [-0.1, -0.05) is 12.8 Å². The summed E-state index contributed by atoms with van der Waals surface area (Å²) in [6.07, 6.45) is 3.61. The number of hydrogen-bond acceptors (Lipinski definition) is 4. The fraction of sp³-hybridized carbons (Fsp3) is 0.500. The molecule has 0 aliphatic heterocycles. The summed E-state index contributed by atoms with van der Waals surface area (Å²) in [5.41, 5.74) is 0.458. The molecule has 1 fully saturated rings. The SMILES string of the molecule is N#Cc1ccc(S(=O)(=O)CCOCCC2CC2)cc1. The van der Waals surface area contributed by atoms with Crippen LogP contribution in [0, 0.1) is 17.2 Å². The maximum absolute atomic E-state index is 12.0. The highest BCUT2D eigenvalue weighted by Gasteiger charge is 2.20. The van der Waals surface area contributed by atoms with E-state index in [1.807, 2.05) is 6.07 Å². The van der Waals surface area contributed by atoms with Crippen molar-refractivity contribution in [2.45, 2.75) is 24.2 Å². The molecule has 1 aromatic rings. The molecule has 1 aliphatic carbocycles. The summed E-state index contributed by atoms with van der Waals surface area (Å²) in [7, 11) is -3.30. The maximum Gasteiger partial charge on any atom is 0.180 e. The fourth-order valence-corrected chi connectivity index (χ4v) is 2.91. The Morgan fingerprint density at radius 2 is 1.89 bits per heavy atom. The summed E-state index contributed by atoms with van der Waals surface area (Å²) in [5, 5.41) is 8.66. The third kappa shape index (κ3) is 4.34. The molecule has 0 bridgehead atoms. The summed E-state index contributed by atoms with van der Waals surface area (Å²) in [6.45, 7) is 0.878. The van der Waals surface area contributed by atoms with Crippen LogP contribution in [0.5, 0.6) is 0 Å². The third-order valence-corrected chi connectivity index (χ3v) is 4.90. The molecule has 0 spiro atoms. The zero-order valence-electron chi connectivity index (χ0n) is 10.7. The monoisotopic (exact) mass is 279 g/mol. The summed E-state index contributed by atoms with van der Waals surface area (Å²) in [5.74, 6) is 0.791. The van der Waals surface area contributed by atoms with Crippen molar-refractivity contribution in [3.8, 4) is 6.07 Å². The lowest BCUT2D eigenvalue weighted by Crippen LogP contribution is -2.13. The smallest absolute Gasteiger partial charge is 0.180 e. The molecule has 5 heteroatoms. The van der Waals surface area contributed by atoms with E-state index in [0.717, 1.165) is 12.3 Å². The lowest BCUT2D eigenvalue weighted by atomic mass is 10.2. The molecular formula is C14H17NO3S. The molecule has 102 valence electrons. The lowest BCUT2D eigenvalue weighted by molar-refractivity contribution is 0.142. The van der Waals surface area contributed by atoms with Gasteiger partial charge in [-0.3, -0.25) is 0 Å². The zero-order chi connectivity index (χ0) is 13.7. The predicted octanol–water partition coefficient (Wildman–Crippen LogP) is 2.15. The summed E-state index contributed by atoms with van der Waals surface area (Å²) < 4.78 is 29.3. The van der Waals surface area contributed by atoms with E-state index in [1.54, 1.807) is 0 Å². The van der Waals surface area contributed by atoms with Crippen LogP contribution in [0.4, 0.5) is 0 Å². The number of nitriles is 1. The van der Waals surface area contributed by atoms with Gasteiger partial charge in [-0.15, -0.1) is 0 Å². The van der Waals surface area contributed by atoms with Gasteiger partial charge < -0.3 is 4.74 Å². The van der Waals surface area contributed by atoms with E-state index in [1.165, 1.54) is 37.1 Å². The Morgan fingerprint density at radius 3 is 2.47 bits per heavy atom. The predicted molar refractivity (Wildman–Crippen MR) is 71.4 cm³/mol. The normalized spacial score (nSPS) is 15.1. The Kier molecular flexibility index (Phi) is 4.56. The van der Waals surface area contributed by atoms with E-state index in [9.17, 15) is 8.42 Å².